The maximum Gasteiger partial charge on any atom is 0.317 e. The number of aliphatic hydroxyl groups is 6. The van der Waals surface area contributed by atoms with Crippen molar-refractivity contribution in [3.63, 3.8) is 0 Å². The molecule has 3 aromatic rings. The SMILES string of the molecule is NC1NC=CC2(OC3Oc4cc5c(c(C[NH+]6CC7=CC=NC7=C6CO)c4C#CCC2(O)C(O)C3O)C2Oc3c(ccc(OCO)c3OCCO)C2C(Cc2ccccc2)O5)C1OC(=O)CC(=O)O. The van der Waals surface area contributed by atoms with E-state index in [1.165, 1.54) is 12.3 Å². The van der Waals surface area contributed by atoms with Crippen molar-refractivity contribution >= 4 is 18.2 Å². The first kappa shape index (κ1) is 45.3. The Balaban J connectivity index is 1.16. The Kier molecular flexibility index (Phi) is 11.9. The summed E-state index contributed by atoms with van der Waals surface area (Å²) in [6.07, 6.45) is -5.40. The molecular weight excluding hydrogens is 889 g/mol. The van der Waals surface area contributed by atoms with E-state index < -0.39 is 91.7 Å². The van der Waals surface area contributed by atoms with Crippen molar-refractivity contribution in [2.75, 3.05) is 33.2 Å². The molecule has 8 aliphatic rings. The molecule has 20 heteroatoms. The minimum Gasteiger partial charge on any atom is -0.489 e. The minimum atomic E-state index is -2.57. The number of rotatable bonds is 13. The van der Waals surface area contributed by atoms with Crippen LogP contribution in [0.2, 0.25) is 0 Å². The zero-order valence-corrected chi connectivity index (χ0v) is 36.2. The minimum absolute atomic E-state index is 0.0267. The quantitative estimate of drug-likeness (QED) is 0.0412. The molecule has 8 heterocycles. The molecule has 68 heavy (non-hydrogen) atoms. The van der Waals surface area contributed by atoms with Crippen molar-refractivity contribution in [3.05, 3.63) is 112 Å². The van der Waals surface area contributed by atoms with Gasteiger partial charge in [0.1, 0.15) is 86.1 Å². The number of aliphatic hydroxyl groups excluding tert-OH is 5. The molecular formula is C48H49N4O16+. The van der Waals surface area contributed by atoms with Gasteiger partial charge in [-0.05, 0) is 30.0 Å². The molecule has 11 unspecified atom stereocenters. The third kappa shape index (κ3) is 7.43. The Morgan fingerprint density at radius 1 is 1.04 bits per heavy atom. The van der Waals surface area contributed by atoms with Crippen LogP contribution in [0, 0.1) is 11.8 Å². The van der Waals surface area contributed by atoms with Crippen molar-refractivity contribution in [3.8, 4) is 40.6 Å². The van der Waals surface area contributed by atoms with Crippen LogP contribution in [-0.4, -0.2) is 135 Å². The number of carbonyl (C=O) groups excluding carboxylic acids is 1. The van der Waals surface area contributed by atoms with Crippen molar-refractivity contribution in [1.82, 2.24) is 5.32 Å². The van der Waals surface area contributed by atoms with Gasteiger partial charge in [0.25, 0.3) is 0 Å². The first-order chi connectivity index (χ1) is 32.9. The fraction of sp³-hybridized carbons (Fsp3) is 0.396. The second-order valence-corrected chi connectivity index (χ2v) is 17.4. The number of carbonyl (C=O) groups is 2. The fourth-order valence-electron chi connectivity index (χ4n) is 10.5. The van der Waals surface area contributed by atoms with E-state index in [1.54, 1.807) is 18.3 Å². The molecule has 11 atom stereocenters. The monoisotopic (exact) mass is 937 g/mol. The number of nitrogens with two attached hydrogens (primary N) is 1. The third-order valence-electron chi connectivity index (χ3n) is 13.5. The Bertz CT molecular complexity index is 2720. The van der Waals surface area contributed by atoms with Crippen molar-refractivity contribution < 1.29 is 83.4 Å². The molecule has 0 aliphatic carbocycles. The van der Waals surface area contributed by atoms with Gasteiger partial charge in [0.15, 0.2) is 35.7 Å². The highest BCUT2D eigenvalue weighted by Crippen LogP contribution is 2.60. The lowest BCUT2D eigenvalue weighted by molar-refractivity contribution is -0.867. The molecule has 8 aliphatic heterocycles. The van der Waals surface area contributed by atoms with Crippen molar-refractivity contribution in [2.45, 2.75) is 85.9 Å². The molecule has 1 spiro atoms. The summed E-state index contributed by atoms with van der Waals surface area (Å²) >= 11 is 0. The summed E-state index contributed by atoms with van der Waals surface area (Å²) in [5, 5.41) is 78.9. The van der Waals surface area contributed by atoms with Crippen LogP contribution >= 0.6 is 0 Å². The molecule has 11 N–H and O–H groups in total. The molecule has 0 radical (unpaired) electrons. The molecule has 0 amide bonds. The predicted octanol–water partition coefficient (Wildman–Crippen LogP) is -1.31. The fourth-order valence-corrected chi connectivity index (χ4v) is 10.5. The van der Waals surface area contributed by atoms with Crippen LogP contribution in [0.1, 0.15) is 52.7 Å². The van der Waals surface area contributed by atoms with E-state index in [0.717, 1.165) is 16.0 Å². The average Bonchev–Trinajstić information content (AvgIpc) is 4.03. The number of benzene rings is 3. The number of nitrogens with zero attached hydrogens (tertiary/aromatic N) is 1. The summed E-state index contributed by atoms with van der Waals surface area (Å²) < 4.78 is 44.4. The summed E-state index contributed by atoms with van der Waals surface area (Å²) in [5.41, 5.74) is 6.79. The van der Waals surface area contributed by atoms with E-state index in [1.807, 2.05) is 42.5 Å². The van der Waals surface area contributed by atoms with E-state index in [4.69, 9.17) is 38.9 Å². The number of nitrogens with one attached hydrogen (secondary N) is 2. The number of quaternary nitrogens is 1. The highest BCUT2D eigenvalue weighted by molar-refractivity contribution is 5.90. The summed E-state index contributed by atoms with van der Waals surface area (Å²) in [4.78, 5) is 29.8. The number of aliphatic carboxylic acids is 1. The van der Waals surface area contributed by atoms with Gasteiger partial charge in [-0.15, -0.1) is 0 Å². The lowest BCUT2D eigenvalue weighted by atomic mass is 9.67. The maximum atomic E-state index is 12.9. The van der Waals surface area contributed by atoms with E-state index >= 15 is 0 Å². The number of hydrogen-bond donors (Lipinski definition) is 10. The first-order valence-electron chi connectivity index (χ1n) is 22.1. The number of carboxylic acid groups (broad SMARTS) is 1. The van der Waals surface area contributed by atoms with Gasteiger partial charge in [0.05, 0.1) is 18.1 Å². The Labute approximate surface area is 388 Å². The molecule has 3 aromatic carbocycles. The number of aliphatic imine (C=N–C) groups is 1. The predicted molar refractivity (Wildman–Crippen MR) is 233 cm³/mol. The Morgan fingerprint density at radius 2 is 1.87 bits per heavy atom. The number of esters is 1. The largest absolute Gasteiger partial charge is 0.489 e. The van der Waals surface area contributed by atoms with E-state index in [-0.39, 0.29) is 49.2 Å². The molecule has 0 aromatic heterocycles. The number of allylic oxidation sites excluding steroid dienone is 1. The summed E-state index contributed by atoms with van der Waals surface area (Å²) in [6.45, 7) is -0.832. The average molecular weight is 938 g/mol. The van der Waals surface area contributed by atoms with Gasteiger partial charge in [0.2, 0.25) is 12.0 Å². The van der Waals surface area contributed by atoms with Crippen LogP contribution < -0.4 is 39.6 Å². The van der Waals surface area contributed by atoms with Crippen molar-refractivity contribution in [1.29, 1.82) is 0 Å². The van der Waals surface area contributed by atoms with Gasteiger partial charge >= 0.3 is 11.9 Å². The van der Waals surface area contributed by atoms with Gasteiger partial charge < -0.3 is 80.0 Å². The zero-order valence-electron chi connectivity index (χ0n) is 36.2. The lowest BCUT2D eigenvalue weighted by Gasteiger charge is -2.57. The van der Waals surface area contributed by atoms with Crippen LogP contribution in [0.5, 0.6) is 28.7 Å². The summed E-state index contributed by atoms with van der Waals surface area (Å²) in [7, 11) is 0. The van der Waals surface area contributed by atoms with Crippen LogP contribution in [0.15, 0.2) is 88.8 Å². The Hall–Kier alpha value is -6.51. The highest BCUT2D eigenvalue weighted by atomic mass is 16.7. The van der Waals surface area contributed by atoms with Gasteiger partial charge in [-0.1, -0.05) is 48.2 Å². The second-order valence-electron chi connectivity index (χ2n) is 17.4. The van der Waals surface area contributed by atoms with E-state index in [2.05, 4.69) is 22.2 Å². The summed E-state index contributed by atoms with van der Waals surface area (Å²) in [5.74, 6) is 3.97. The smallest absolute Gasteiger partial charge is 0.317 e. The highest BCUT2D eigenvalue weighted by Gasteiger charge is 2.69. The summed E-state index contributed by atoms with van der Waals surface area (Å²) in [6, 6.07) is 14.8. The zero-order chi connectivity index (χ0) is 47.5. The van der Waals surface area contributed by atoms with Gasteiger partial charge in [0, 0.05) is 47.4 Å². The van der Waals surface area contributed by atoms with Gasteiger partial charge in [-0.2, -0.15) is 0 Å². The van der Waals surface area contributed by atoms with Crippen LogP contribution in [0.4, 0.5) is 0 Å². The second kappa shape index (κ2) is 17.9. The molecule has 20 nitrogen and oxygen atoms in total. The number of carboxylic acids is 1. The lowest BCUT2D eigenvalue weighted by Crippen LogP contribution is -3.08. The standard InChI is InChI=1S/C48H48N4O16/c49-45-44(66-35(58)19-34(56)57)48(12-14-51-45)47(61)11-4-7-26-28(21-52-20-25-10-13-50-38(25)29(52)22-54)37-33(18-31(26)65-46(68-48)39(59)43(47)60)64-32(17-24-5-2-1-3-6-24)36-27-8-9-30(63-23-55)41(62-16-15-53)40(27)67-42(36)37/h1-3,5-6,8-10,12-14,18,32,36,39,42-46,51,53-55,59-61H,11,15-17,19-23,49H2,(H,56,57)/p+1. The first-order valence-corrected chi connectivity index (χ1v) is 22.1. The Morgan fingerprint density at radius 3 is 2.63 bits per heavy atom. The molecule has 1 saturated heterocycles. The topological polar surface area (TPSA) is 295 Å². The number of hydrogen-bond acceptors (Lipinski definition) is 18. The van der Waals surface area contributed by atoms with E-state index in [0.29, 0.717) is 52.5 Å². The van der Waals surface area contributed by atoms with E-state index in [9.17, 15) is 45.3 Å². The van der Waals surface area contributed by atoms with Crippen molar-refractivity contribution in [2.24, 2.45) is 10.7 Å². The van der Waals surface area contributed by atoms with Crippen LogP contribution in [0.3, 0.4) is 0 Å². The third-order valence-corrected chi connectivity index (χ3v) is 13.5. The number of ether oxygens (including phenoxy) is 7. The molecule has 1 fully saturated rings. The van der Waals surface area contributed by atoms with Gasteiger partial charge in [-0.25, -0.2) is 0 Å². The number of fused-ring (bicyclic) bond motifs is 8. The normalized spacial score (nSPS) is 31.0. The molecule has 11 rings (SSSR count). The van der Waals surface area contributed by atoms with Gasteiger partial charge in [-0.3, -0.25) is 19.5 Å². The molecule has 0 saturated carbocycles. The maximum absolute atomic E-state index is 12.9. The molecule has 2 bridgehead atoms. The molecule has 356 valence electrons. The van der Waals surface area contributed by atoms with Crippen LogP contribution in [0.25, 0.3) is 0 Å². The van der Waals surface area contributed by atoms with Crippen LogP contribution in [-0.2, 0) is 32.0 Å².